The summed E-state index contributed by atoms with van der Waals surface area (Å²) >= 11 is 0. The van der Waals surface area contributed by atoms with E-state index in [-0.39, 0.29) is 5.56 Å². The lowest BCUT2D eigenvalue weighted by molar-refractivity contribution is 0.0693. The second-order valence-corrected chi connectivity index (χ2v) is 7.06. The van der Waals surface area contributed by atoms with Gasteiger partial charge >= 0.3 is 5.97 Å². The van der Waals surface area contributed by atoms with Crippen LogP contribution < -0.4 is 14.2 Å². The minimum absolute atomic E-state index is 0.155. The maximum atomic E-state index is 11.2. The Bertz CT molecular complexity index is 1030. The van der Waals surface area contributed by atoms with E-state index in [0.29, 0.717) is 18.6 Å². The number of ether oxygens (including phenoxy) is 3. The number of methoxy groups -OCH3 is 3. The summed E-state index contributed by atoms with van der Waals surface area (Å²) in [6, 6.07) is 11.0. The lowest BCUT2D eigenvalue weighted by Gasteiger charge is -2.09. The number of carbonyl (C=O) groups is 1. The van der Waals surface area contributed by atoms with Gasteiger partial charge in [-0.3, -0.25) is 9.97 Å². The molecule has 0 fully saturated rings. The lowest BCUT2D eigenvalue weighted by Crippen LogP contribution is -2.03. The van der Waals surface area contributed by atoms with Crippen molar-refractivity contribution < 1.29 is 24.1 Å². The van der Waals surface area contributed by atoms with Crippen LogP contribution in [-0.4, -0.2) is 42.4 Å². The van der Waals surface area contributed by atoms with Gasteiger partial charge in [0, 0.05) is 18.5 Å². The largest absolute Gasteiger partial charge is 0.497 e. The van der Waals surface area contributed by atoms with Gasteiger partial charge in [-0.25, -0.2) is 4.79 Å². The van der Waals surface area contributed by atoms with Crippen LogP contribution in [0.15, 0.2) is 48.8 Å². The molecule has 31 heavy (non-hydrogen) atoms. The average Bonchev–Trinajstić information content (AvgIpc) is 2.81. The lowest BCUT2D eigenvalue weighted by atomic mass is 10.0. The minimum Gasteiger partial charge on any atom is -0.497 e. The molecule has 3 aromatic rings. The Hall–Kier alpha value is -3.61. The van der Waals surface area contributed by atoms with E-state index in [1.54, 1.807) is 44.8 Å². The number of aromatic carboxylic acids is 1. The fraction of sp³-hybridized carbons (Fsp3) is 0.292. The maximum Gasteiger partial charge on any atom is 0.339 e. The minimum atomic E-state index is -1.00. The zero-order valence-corrected chi connectivity index (χ0v) is 17.9. The Kier molecular flexibility index (Phi) is 7.43. The number of hydrogen-bond acceptors (Lipinski definition) is 6. The quantitative estimate of drug-likeness (QED) is 0.532. The molecule has 0 spiro atoms. The summed E-state index contributed by atoms with van der Waals surface area (Å²) in [6.07, 6.45) is 6.50. The molecule has 0 atom stereocenters. The first kappa shape index (κ1) is 22.1. The summed E-state index contributed by atoms with van der Waals surface area (Å²) in [6.45, 7) is 0. The highest BCUT2D eigenvalue weighted by atomic mass is 16.5. The molecule has 0 unspecified atom stereocenters. The van der Waals surface area contributed by atoms with Crippen LogP contribution in [0.2, 0.25) is 0 Å². The van der Waals surface area contributed by atoms with E-state index < -0.39 is 5.97 Å². The van der Waals surface area contributed by atoms with E-state index >= 15 is 0 Å². The van der Waals surface area contributed by atoms with Gasteiger partial charge in [-0.2, -0.15) is 0 Å². The molecule has 0 aliphatic carbocycles. The van der Waals surface area contributed by atoms with Gasteiger partial charge in [-0.05, 0) is 61.1 Å². The summed E-state index contributed by atoms with van der Waals surface area (Å²) in [5.74, 6) is 0.881. The molecule has 0 aliphatic heterocycles. The molecule has 0 radical (unpaired) electrons. The smallest absolute Gasteiger partial charge is 0.339 e. The van der Waals surface area contributed by atoms with E-state index in [1.807, 2.05) is 18.2 Å². The summed E-state index contributed by atoms with van der Waals surface area (Å²) in [5, 5.41) is 9.21. The molecular weight excluding hydrogens is 396 g/mol. The molecule has 0 aliphatic rings. The summed E-state index contributed by atoms with van der Waals surface area (Å²) in [5.41, 5.74) is 4.05. The Labute approximate surface area is 181 Å². The summed E-state index contributed by atoms with van der Waals surface area (Å²) in [4.78, 5) is 20.3. The summed E-state index contributed by atoms with van der Waals surface area (Å²) < 4.78 is 15.9. The first-order chi connectivity index (χ1) is 15.0. The highest BCUT2D eigenvalue weighted by Crippen LogP contribution is 2.24. The molecule has 0 saturated carbocycles. The van der Waals surface area contributed by atoms with Crippen LogP contribution in [0.1, 0.15) is 32.9 Å². The fourth-order valence-corrected chi connectivity index (χ4v) is 3.32. The Morgan fingerprint density at radius 1 is 0.806 bits per heavy atom. The highest BCUT2D eigenvalue weighted by molar-refractivity contribution is 5.90. The molecule has 1 aromatic heterocycles. The number of aryl methyl sites for hydroxylation is 4. The molecule has 7 nitrogen and oxygen atoms in total. The molecule has 2 aromatic carbocycles. The van der Waals surface area contributed by atoms with Gasteiger partial charge in [0.2, 0.25) is 0 Å². The molecule has 0 saturated heterocycles. The number of nitrogens with zero attached hydrogens (tertiary/aromatic N) is 2. The Morgan fingerprint density at radius 3 is 1.97 bits per heavy atom. The predicted octanol–water partition coefficient (Wildman–Crippen LogP) is 3.77. The summed E-state index contributed by atoms with van der Waals surface area (Å²) in [7, 11) is 4.75. The number of hydrogen-bond donors (Lipinski definition) is 1. The van der Waals surface area contributed by atoms with Crippen molar-refractivity contribution in [2.75, 3.05) is 21.3 Å². The van der Waals surface area contributed by atoms with Crippen molar-refractivity contribution in [3.8, 4) is 17.2 Å². The van der Waals surface area contributed by atoms with Gasteiger partial charge in [-0.1, -0.05) is 6.07 Å². The number of carboxylic acids is 1. The molecule has 3 rings (SSSR count). The Morgan fingerprint density at radius 2 is 1.42 bits per heavy atom. The third kappa shape index (κ3) is 5.94. The van der Waals surface area contributed by atoms with Crippen LogP contribution in [-0.2, 0) is 25.7 Å². The zero-order chi connectivity index (χ0) is 22.2. The normalized spacial score (nSPS) is 10.5. The SMILES string of the molecule is COc1cc(CCc2cncc(CCc3ccc(C(=O)O)c(OC)c3)n2)cc(OC)c1. The van der Waals surface area contributed by atoms with Gasteiger partial charge in [0.25, 0.3) is 0 Å². The van der Waals surface area contributed by atoms with Gasteiger partial charge in [0.1, 0.15) is 22.8 Å². The number of carboxylic acid groups (broad SMARTS) is 1. The van der Waals surface area contributed by atoms with Gasteiger partial charge in [0.15, 0.2) is 0 Å². The van der Waals surface area contributed by atoms with Gasteiger partial charge in [0.05, 0.1) is 32.7 Å². The van der Waals surface area contributed by atoms with Crippen LogP contribution in [0.4, 0.5) is 0 Å². The van der Waals surface area contributed by atoms with Gasteiger partial charge in [-0.15, -0.1) is 0 Å². The van der Waals surface area contributed by atoms with Crippen LogP contribution in [0, 0.1) is 0 Å². The van der Waals surface area contributed by atoms with E-state index in [0.717, 1.165) is 46.9 Å². The fourth-order valence-electron chi connectivity index (χ4n) is 3.32. The standard InChI is InChI=1S/C24H26N2O5/c1-29-20-10-17(11-21(13-20)30-2)5-8-19-15-25-14-18(26-19)7-4-16-6-9-22(24(27)28)23(12-16)31-3/h6,9-15H,4-5,7-8H2,1-3H3,(H,27,28). The van der Waals surface area contributed by atoms with Crippen molar-refractivity contribution in [1.29, 1.82) is 0 Å². The molecule has 7 heteroatoms. The zero-order valence-electron chi connectivity index (χ0n) is 17.9. The third-order valence-electron chi connectivity index (χ3n) is 4.98. The monoisotopic (exact) mass is 422 g/mol. The molecule has 1 heterocycles. The maximum absolute atomic E-state index is 11.2. The van der Waals surface area contributed by atoms with Crippen molar-refractivity contribution >= 4 is 5.97 Å². The molecule has 0 amide bonds. The molecule has 162 valence electrons. The first-order valence-electron chi connectivity index (χ1n) is 9.94. The van der Waals surface area contributed by atoms with Crippen LogP contribution in [0.25, 0.3) is 0 Å². The number of aromatic nitrogens is 2. The number of rotatable bonds is 10. The second-order valence-electron chi connectivity index (χ2n) is 7.06. The van der Waals surface area contributed by atoms with Crippen molar-refractivity contribution in [3.63, 3.8) is 0 Å². The highest BCUT2D eigenvalue weighted by Gasteiger charge is 2.11. The van der Waals surface area contributed by atoms with E-state index in [4.69, 9.17) is 19.2 Å². The van der Waals surface area contributed by atoms with Crippen LogP contribution in [0.3, 0.4) is 0 Å². The van der Waals surface area contributed by atoms with E-state index in [9.17, 15) is 9.90 Å². The number of benzene rings is 2. The third-order valence-corrected chi connectivity index (χ3v) is 4.98. The predicted molar refractivity (Wildman–Crippen MR) is 116 cm³/mol. The van der Waals surface area contributed by atoms with Crippen LogP contribution in [0.5, 0.6) is 17.2 Å². The molecular formula is C24H26N2O5. The molecule has 0 bridgehead atoms. The van der Waals surface area contributed by atoms with Crippen LogP contribution >= 0.6 is 0 Å². The molecule has 1 N–H and O–H groups in total. The Balaban J connectivity index is 1.64. The van der Waals surface area contributed by atoms with Crippen molar-refractivity contribution in [1.82, 2.24) is 9.97 Å². The van der Waals surface area contributed by atoms with Crippen molar-refractivity contribution in [3.05, 3.63) is 76.9 Å². The van der Waals surface area contributed by atoms with Crippen molar-refractivity contribution in [2.24, 2.45) is 0 Å². The van der Waals surface area contributed by atoms with Crippen molar-refractivity contribution in [2.45, 2.75) is 25.7 Å². The van der Waals surface area contributed by atoms with E-state index in [2.05, 4.69) is 4.98 Å². The first-order valence-corrected chi connectivity index (χ1v) is 9.94. The van der Waals surface area contributed by atoms with Gasteiger partial charge < -0.3 is 19.3 Å². The van der Waals surface area contributed by atoms with E-state index in [1.165, 1.54) is 7.11 Å². The topological polar surface area (TPSA) is 90.8 Å². The average molecular weight is 422 g/mol. The second kappa shape index (κ2) is 10.4.